The molecule has 5 heteroatoms. The molecule has 0 aromatic carbocycles. The molecule has 0 fully saturated rings. The summed E-state index contributed by atoms with van der Waals surface area (Å²) in [6, 6.07) is 0. The van der Waals surface area contributed by atoms with Crippen molar-refractivity contribution in [3.63, 3.8) is 0 Å². The van der Waals surface area contributed by atoms with Gasteiger partial charge in [-0.1, -0.05) is 11.6 Å². The number of halogens is 1. The second-order valence-electron chi connectivity index (χ2n) is 1.76. The van der Waals surface area contributed by atoms with Crippen molar-refractivity contribution in [2.45, 2.75) is 19.5 Å². The summed E-state index contributed by atoms with van der Waals surface area (Å²) in [6.45, 7) is 2.63. The lowest BCUT2D eigenvalue weighted by Crippen LogP contribution is -2.42. The monoisotopic (exact) mass is 164 g/mol. The van der Waals surface area contributed by atoms with Gasteiger partial charge in [-0.2, -0.15) is 0 Å². The van der Waals surface area contributed by atoms with Crippen LogP contribution in [0.3, 0.4) is 0 Å². The molecule has 4 nitrogen and oxygen atoms in total. The molecule has 58 valence electrons. The van der Waals surface area contributed by atoms with Gasteiger partial charge in [-0.05, 0) is 0 Å². The van der Waals surface area contributed by atoms with Gasteiger partial charge in [-0.25, -0.2) is 0 Å². The van der Waals surface area contributed by atoms with Crippen LogP contribution in [-0.2, 0) is 9.59 Å². The van der Waals surface area contributed by atoms with E-state index >= 15 is 0 Å². The smallest absolute Gasteiger partial charge is 0.219 e. The summed E-state index contributed by atoms with van der Waals surface area (Å²) in [6.07, 6.45) is 0. The van der Waals surface area contributed by atoms with Crippen LogP contribution in [0.4, 0.5) is 0 Å². The van der Waals surface area contributed by atoms with Crippen molar-refractivity contribution >= 4 is 23.4 Å². The summed E-state index contributed by atoms with van der Waals surface area (Å²) >= 11 is 5.41. The summed E-state index contributed by atoms with van der Waals surface area (Å²) in [7, 11) is 0. The fraction of sp³-hybridized carbons (Fsp3) is 0.600. The van der Waals surface area contributed by atoms with E-state index in [1.165, 1.54) is 13.8 Å². The molecule has 0 saturated heterocycles. The first-order valence-electron chi connectivity index (χ1n) is 2.70. The first-order valence-corrected chi connectivity index (χ1v) is 3.14. The van der Waals surface area contributed by atoms with E-state index in [2.05, 4.69) is 10.6 Å². The van der Waals surface area contributed by atoms with Gasteiger partial charge in [0.2, 0.25) is 11.8 Å². The van der Waals surface area contributed by atoms with Gasteiger partial charge in [-0.3, -0.25) is 9.59 Å². The summed E-state index contributed by atoms with van der Waals surface area (Å²) < 4.78 is 0. The predicted molar refractivity (Wildman–Crippen MR) is 37.3 cm³/mol. The van der Waals surface area contributed by atoms with Crippen LogP contribution in [0.1, 0.15) is 13.8 Å². The minimum absolute atomic E-state index is 0.284. The van der Waals surface area contributed by atoms with Crippen molar-refractivity contribution in [3.05, 3.63) is 0 Å². The Bertz CT molecular complexity index is 133. The zero-order chi connectivity index (χ0) is 8.15. The van der Waals surface area contributed by atoms with Crippen molar-refractivity contribution in [3.8, 4) is 0 Å². The third-order valence-corrected chi connectivity index (χ3v) is 0.878. The standard InChI is InChI=1S/C5H9ClN2O2/c1-3(9)7-5(6)8-4(2)10/h5H,1-2H3,(H,7,9)(H,8,10). The molecule has 0 aliphatic carbocycles. The van der Waals surface area contributed by atoms with Crippen LogP contribution < -0.4 is 10.6 Å². The lowest BCUT2D eigenvalue weighted by Gasteiger charge is -2.09. The van der Waals surface area contributed by atoms with Gasteiger partial charge >= 0.3 is 0 Å². The fourth-order valence-electron chi connectivity index (χ4n) is 0.393. The lowest BCUT2D eigenvalue weighted by atomic mass is 10.6. The summed E-state index contributed by atoms with van der Waals surface area (Å²) in [4.78, 5) is 20.6. The van der Waals surface area contributed by atoms with Gasteiger partial charge in [0.25, 0.3) is 0 Å². The van der Waals surface area contributed by atoms with E-state index in [-0.39, 0.29) is 11.8 Å². The highest BCUT2D eigenvalue weighted by atomic mass is 35.5. The van der Waals surface area contributed by atoms with Gasteiger partial charge in [0.15, 0.2) is 5.62 Å². The number of hydrogen-bond acceptors (Lipinski definition) is 2. The topological polar surface area (TPSA) is 58.2 Å². The Morgan fingerprint density at radius 2 is 1.50 bits per heavy atom. The molecular weight excluding hydrogens is 156 g/mol. The quantitative estimate of drug-likeness (QED) is 0.337. The molecule has 0 bridgehead atoms. The van der Waals surface area contributed by atoms with Crippen LogP contribution >= 0.6 is 11.6 Å². The molecule has 0 atom stereocenters. The maximum absolute atomic E-state index is 10.3. The van der Waals surface area contributed by atoms with E-state index in [4.69, 9.17) is 11.6 Å². The van der Waals surface area contributed by atoms with Crippen LogP contribution in [0.2, 0.25) is 0 Å². The molecule has 2 amide bonds. The number of hydrogen-bond donors (Lipinski definition) is 2. The minimum atomic E-state index is -0.810. The molecule has 0 radical (unpaired) electrons. The Hall–Kier alpha value is -0.770. The molecule has 0 unspecified atom stereocenters. The van der Waals surface area contributed by atoms with E-state index < -0.39 is 5.62 Å². The largest absolute Gasteiger partial charge is 0.323 e. The third-order valence-electron chi connectivity index (χ3n) is 0.660. The summed E-state index contributed by atoms with van der Waals surface area (Å²) in [5, 5.41) is 4.54. The molecule has 0 aliphatic rings. The highest BCUT2D eigenvalue weighted by molar-refractivity contribution is 6.21. The molecule has 0 spiro atoms. The van der Waals surface area contributed by atoms with Gasteiger partial charge in [0, 0.05) is 13.8 Å². The van der Waals surface area contributed by atoms with Gasteiger partial charge < -0.3 is 10.6 Å². The fourth-order valence-corrected chi connectivity index (χ4v) is 0.700. The molecule has 0 aromatic heterocycles. The molecule has 0 heterocycles. The van der Waals surface area contributed by atoms with E-state index in [9.17, 15) is 9.59 Å². The Balaban J connectivity index is 3.53. The van der Waals surface area contributed by atoms with E-state index in [1.807, 2.05) is 0 Å². The van der Waals surface area contributed by atoms with E-state index in [1.54, 1.807) is 0 Å². The highest BCUT2D eigenvalue weighted by Crippen LogP contribution is 1.83. The normalized spacial score (nSPS) is 9.20. The van der Waals surface area contributed by atoms with Crippen molar-refractivity contribution in [1.29, 1.82) is 0 Å². The molecule has 10 heavy (non-hydrogen) atoms. The summed E-state index contributed by atoms with van der Waals surface area (Å²) in [5.74, 6) is -0.567. The molecular formula is C5H9ClN2O2. The second-order valence-corrected chi connectivity index (χ2v) is 2.20. The second kappa shape index (κ2) is 4.11. The zero-order valence-electron chi connectivity index (χ0n) is 5.77. The maximum Gasteiger partial charge on any atom is 0.219 e. The number of nitrogens with one attached hydrogen (secondary N) is 2. The number of alkyl halides is 1. The number of carbonyl (C=O) groups is 2. The summed E-state index contributed by atoms with van der Waals surface area (Å²) in [5.41, 5.74) is -0.810. The van der Waals surface area contributed by atoms with Crippen LogP contribution in [0.15, 0.2) is 0 Å². The van der Waals surface area contributed by atoms with Gasteiger partial charge in [-0.15, -0.1) is 0 Å². The molecule has 2 N–H and O–H groups in total. The van der Waals surface area contributed by atoms with Crippen molar-refractivity contribution in [2.24, 2.45) is 0 Å². The Morgan fingerprint density at radius 1 is 1.20 bits per heavy atom. The molecule has 0 aromatic rings. The van der Waals surface area contributed by atoms with Crippen molar-refractivity contribution in [2.75, 3.05) is 0 Å². The Labute approximate surface area is 63.9 Å². The SMILES string of the molecule is CC(=O)NC(Cl)NC(C)=O. The predicted octanol–water partition coefficient (Wildman–Crippen LogP) is -0.219. The average molecular weight is 165 g/mol. The van der Waals surface area contributed by atoms with Gasteiger partial charge in [0.05, 0.1) is 0 Å². The zero-order valence-corrected chi connectivity index (χ0v) is 6.53. The number of amides is 2. The third kappa shape index (κ3) is 5.37. The highest BCUT2D eigenvalue weighted by Gasteiger charge is 2.04. The first kappa shape index (κ1) is 9.23. The van der Waals surface area contributed by atoms with Crippen LogP contribution in [0.5, 0.6) is 0 Å². The number of rotatable bonds is 2. The van der Waals surface area contributed by atoms with E-state index in [0.717, 1.165) is 0 Å². The average Bonchev–Trinajstić information content (AvgIpc) is 1.58. The van der Waals surface area contributed by atoms with Gasteiger partial charge in [0.1, 0.15) is 0 Å². The Kier molecular flexibility index (Phi) is 3.79. The molecule has 0 rings (SSSR count). The number of carbonyl (C=O) groups excluding carboxylic acids is 2. The first-order chi connectivity index (χ1) is 4.52. The van der Waals surface area contributed by atoms with Crippen LogP contribution in [0.25, 0.3) is 0 Å². The molecule has 0 saturated carbocycles. The lowest BCUT2D eigenvalue weighted by molar-refractivity contribution is -0.121. The van der Waals surface area contributed by atoms with E-state index in [0.29, 0.717) is 0 Å². The van der Waals surface area contributed by atoms with Crippen LogP contribution in [-0.4, -0.2) is 17.4 Å². The van der Waals surface area contributed by atoms with Crippen LogP contribution in [0, 0.1) is 0 Å². The Morgan fingerprint density at radius 3 is 1.70 bits per heavy atom. The molecule has 0 aliphatic heterocycles. The maximum atomic E-state index is 10.3. The minimum Gasteiger partial charge on any atom is -0.323 e. The van der Waals surface area contributed by atoms with Crippen molar-refractivity contribution < 1.29 is 9.59 Å². The van der Waals surface area contributed by atoms with Crippen molar-refractivity contribution in [1.82, 2.24) is 10.6 Å².